The maximum atomic E-state index is 13.9. The van der Waals surface area contributed by atoms with E-state index in [0.717, 1.165) is 11.3 Å². The standard InChI is InChI=1S/C21H14F2N2O3S/c1-12-17-19(29-18(12)21(27)28-15-8-6-14(22)7-9-15)24-11-25(20(17)26)10-13-4-2-3-5-16(13)23/h2-9,11H,10H2,1H3. The van der Waals surface area contributed by atoms with Crippen LogP contribution in [0.15, 0.2) is 59.7 Å². The molecule has 0 saturated heterocycles. The third-order valence-electron chi connectivity index (χ3n) is 4.43. The molecule has 0 amide bonds. The van der Waals surface area contributed by atoms with Gasteiger partial charge < -0.3 is 4.74 Å². The first kappa shape index (κ1) is 18.9. The number of rotatable bonds is 4. The van der Waals surface area contributed by atoms with Crippen molar-refractivity contribution in [3.63, 3.8) is 0 Å². The molecule has 0 fully saturated rings. The topological polar surface area (TPSA) is 61.2 Å². The summed E-state index contributed by atoms with van der Waals surface area (Å²) in [4.78, 5) is 30.3. The van der Waals surface area contributed by atoms with Crippen LogP contribution in [-0.2, 0) is 6.54 Å². The van der Waals surface area contributed by atoms with Crippen LogP contribution in [0.4, 0.5) is 8.78 Å². The van der Waals surface area contributed by atoms with E-state index in [0.29, 0.717) is 21.3 Å². The zero-order chi connectivity index (χ0) is 20.5. The molecule has 0 aliphatic heterocycles. The Labute approximate surface area is 167 Å². The Kier molecular flexibility index (Phi) is 4.94. The summed E-state index contributed by atoms with van der Waals surface area (Å²) in [6.45, 7) is 1.66. The summed E-state index contributed by atoms with van der Waals surface area (Å²) in [7, 11) is 0. The average molecular weight is 412 g/mol. The Balaban J connectivity index is 1.69. The highest BCUT2D eigenvalue weighted by Gasteiger charge is 2.21. The van der Waals surface area contributed by atoms with Crippen LogP contribution in [0.25, 0.3) is 10.2 Å². The smallest absolute Gasteiger partial charge is 0.354 e. The molecule has 4 aromatic rings. The minimum atomic E-state index is -0.655. The van der Waals surface area contributed by atoms with Gasteiger partial charge in [-0.3, -0.25) is 9.36 Å². The monoisotopic (exact) mass is 412 g/mol. The van der Waals surface area contributed by atoms with E-state index < -0.39 is 17.6 Å². The van der Waals surface area contributed by atoms with Crippen molar-refractivity contribution in [2.75, 3.05) is 0 Å². The first-order valence-corrected chi connectivity index (χ1v) is 9.45. The number of aryl methyl sites for hydroxylation is 1. The molecule has 0 aliphatic carbocycles. The van der Waals surface area contributed by atoms with Crippen LogP contribution < -0.4 is 10.3 Å². The van der Waals surface area contributed by atoms with Gasteiger partial charge in [-0.2, -0.15) is 0 Å². The minimum absolute atomic E-state index is 0.0269. The van der Waals surface area contributed by atoms with Crippen LogP contribution in [-0.4, -0.2) is 15.5 Å². The number of benzene rings is 2. The van der Waals surface area contributed by atoms with Crippen LogP contribution in [0.3, 0.4) is 0 Å². The van der Waals surface area contributed by atoms with Gasteiger partial charge in [0.2, 0.25) is 0 Å². The Morgan fingerprint density at radius 3 is 2.59 bits per heavy atom. The second-order valence-corrected chi connectivity index (χ2v) is 7.35. The fourth-order valence-corrected chi connectivity index (χ4v) is 3.95. The van der Waals surface area contributed by atoms with Crippen molar-refractivity contribution < 1.29 is 18.3 Å². The molecule has 29 heavy (non-hydrogen) atoms. The van der Waals surface area contributed by atoms with Crippen molar-refractivity contribution in [3.05, 3.63) is 92.9 Å². The molecule has 5 nitrogen and oxygen atoms in total. The van der Waals surface area contributed by atoms with Crippen molar-refractivity contribution >= 4 is 27.5 Å². The van der Waals surface area contributed by atoms with Crippen molar-refractivity contribution in [2.24, 2.45) is 0 Å². The van der Waals surface area contributed by atoms with E-state index in [1.807, 2.05) is 0 Å². The van der Waals surface area contributed by atoms with Gasteiger partial charge >= 0.3 is 5.97 Å². The summed E-state index contributed by atoms with van der Waals surface area (Å²) in [5.41, 5.74) is 0.435. The van der Waals surface area contributed by atoms with Crippen molar-refractivity contribution in [1.82, 2.24) is 9.55 Å². The third kappa shape index (κ3) is 3.66. The number of carbonyl (C=O) groups excluding carboxylic acids is 1. The molecule has 2 aromatic carbocycles. The predicted octanol–water partition coefficient (Wildman–Crippen LogP) is 4.31. The summed E-state index contributed by atoms with van der Waals surface area (Å²) in [5.74, 6) is -1.32. The Morgan fingerprint density at radius 1 is 1.14 bits per heavy atom. The lowest BCUT2D eigenvalue weighted by Crippen LogP contribution is -2.21. The molecule has 2 heterocycles. The number of halogens is 2. The van der Waals surface area contributed by atoms with Crippen LogP contribution in [0.5, 0.6) is 5.75 Å². The second-order valence-electron chi connectivity index (χ2n) is 6.35. The quantitative estimate of drug-likeness (QED) is 0.370. The third-order valence-corrected chi connectivity index (χ3v) is 5.61. The zero-order valence-corrected chi connectivity index (χ0v) is 16.0. The number of fused-ring (bicyclic) bond motifs is 1. The molecule has 146 valence electrons. The molecular weight excluding hydrogens is 398 g/mol. The molecule has 0 unspecified atom stereocenters. The van der Waals surface area contributed by atoms with Crippen LogP contribution in [0.2, 0.25) is 0 Å². The van der Waals surface area contributed by atoms with Crippen molar-refractivity contribution in [3.8, 4) is 5.75 Å². The van der Waals surface area contributed by atoms with Crippen LogP contribution >= 0.6 is 11.3 Å². The maximum absolute atomic E-state index is 13.9. The highest BCUT2D eigenvalue weighted by Crippen LogP contribution is 2.28. The van der Waals surface area contributed by atoms with E-state index in [9.17, 15) is 18.4 Å². The van der Waals surface area contributed by atoms with Gasteiger partial charge in [-0.15, -0.1) is 11.3 Å². The number of hydrogen-bond acceptors (Lipinski definition) is 5. The highest BCUT2D eigenvalue weighted by atomic mass is 32.1. The number of ether oxygens (including phenoxy) is 1. The number of hydrogen-bond donors (Lipinski definition) is 0. The van der Waals surface area contributed by atoms with Gasteiger partial charge in [0.25, 0.3) is 5.56 Å². The van der Waals surface area contributed by atoms with Crippen molar-refractivity contribution in [1.29, 1.82) is 0 Å². The predicted molar refractivity (Wildman–Crippen MR) is 105 cm³/mol. The molecule has 8 heteroatoms. The number of thiophene rings is 1. The zero-order valence-electron chi connectivity index (χ0n) is 15.2. The van der Waals surface area contributed by atoms with Gasteiger partial charge in [-0.05, 0) is 42.8 Å². The molecular formula is C21H14F2N2O3S. The summed E-state index contributed by atoms with van der Waals surface area (Å²) in [6, 6.07) is 11.2. The van der Waals surface area contributed by atoms with Crippen molar-refractivity contribution in [2.45, 2.75) is 13.5 Å². The average Bonchev–Trinajstić information content (AvgIpc) is 3.05. The second kappa shape index (κ2) is 7.56. The molecule has 0 saturated carbocycles. The number of nitrogens with zero attached hydrogens (tertiary/aromatic N) is 2. The lowest BCUT2D eigenvalue weighted by molar-refractivity contribution is 0.0739. The fraction of sp³-hybridized carbons (Fsp3) is 0.0952. The van der Waals surface area contributed by atoms with Gasteiger partial charge in [-0.1, -0.05) is 18.2 Å². The molecule has 0 atom stereocenters. The summed E-state index contributed by atoms with van der Waals surface area (Å²) in [6.07, 6.45) is 1.34. The molecule has 2 aromatic heterocycles. The first-order chi connectivity index (χ1) is 13.9. The maximum Gasteiger partial charge on any atom is 0.354 e. The first-order valence-electron chi connectivity index (χ1n) is 8.63. The highest BCUT2D eigenvalue weighted by molar-refractivity contribution is 7.20. The molecule has 0 N–H and O–H groups in total. The summed E-state index contributed by atoms with van der Waals surface area (Å²) < 4.78 is 33.5. The Morgan fingerprint density at radius 2 is 1.86 bits per heavy atom. The normalized spacial score (nSPS) is 11.0. The van der Waals surface area contributed by atoms with Gasteiger partial charge in [0, 0.05) is 5.56 Å². The number of aromatic nitrogens is 2. The van der Waals surface area contributed by atoms with E-state index in [4.69, 9.17) is 4.74 Å². The van der Waals surface area contributed by atoms with Gasteiger partial charge in [0.15, 0.2) is 0 Å². The van der Waals surface area contributed by atoms with Crippen LogP contribution in [0, 0.1) is 18.6 Å². The Bertz CT molecular complexity index is 1280. The lowest BCUT2D eigenvalue weighted by Gasteiger charge is -2.06. The molecule has 0 spiro atoms. The summed E-state index contributed by atoms with van der Waals surface area (Å²) >= 11 is 1.04. The SMILES string of the molecule is Cc1c(C(=O)Oc2ccc(F)cc2)sc2ncn(Cc3ccccc3F)c(=O)c12. The number of carbonyl (C=O) groups is 1. The Hall–Kier alpha value is -3.39. The molecule has 0 bridgehead atoms. The fourth-order valence-electron chi connectivity index (χ4n) is 2.93. The molecule has 0 aliphatic rings. The van der Waals surface area contributed by atoms with E-state index >= 15 is 0 Å². The lowest BCUT2D eigenvalue weighted by atomic mass is 10.2. The van der Waals surface area contributed by atoms with E-state index in [1.54, 1.807) is 25.1 Å². The largest absolute Gasteiger partial charge is 0.422 e. The van der Waals surface area contributed by atoms with Gasteiger partial charge in [0.05, 0.1) is 18.3 Å². The van der Waals surface area contributed by atoms with E-state index in [2.05, 4.69) is 4.98 Å². The summed E-state index contributed by atoms with van der Waals surface area (Å²) in [5, 5.41) is 0.292. The van der Waals surface area contributed by atoms with Crippen LogP contribution in [0.1, 0.15) is 20.8 Å². The molecule has 4 rings (SSSR count). The number of esters is 1. The van der Waals surface area contributed by atoms with E-state index in [1.165, 1.54) is 41.2 Å². The minimum Gasteiger partial charge on any atom is -0.422 e. The van der Waals surface area contributed by atoms with Gasteiger partial charge in [0.1, 0.15) is 27.1 Å². The van der Waals surface area contributed by atoms with E-state index in [-0.39, 0.29) is 22.7 Å². The molecule has 0 radical (unpaired) electrons. The van der Waals surface area contributed by atoms with Gasteiger partial charge in [-0.25, -0.2) is 18.6 Å².